The zero-order chi connectivity index (χ0) is 15.4. The van der Waals surface area contributed by atoms with Crippen LogP contribution in [0.5, 0.6) is 0 Å². The Hall–Kier alpha value is -1.20. The molecule has 2 rings (SSSR count). The molecule has 2 aromatic rings. The number of hydrogen-bond acceptors (Lipinski definition) is 5. The van der Waals surface area contributed by atoms with Crippen LogP contribution in [-0.2, 0) is 0 Å². The topological polar surface area (TPSA) is 51.0 Å². The molecule has 0 saturated carbocycles. The van der Waals surface area contributed by atoms with Crippen LogP contribution in [0, 0.1) is 12.8 Å². The van der Waals surface area contributed by atoms with Gasteiger partial charge in [0.1, 0.15) is 0 Å². The maximum atomic E-state index is 5.57. The van der Waals surface area contributed by atoms with Crippen LogP contribution in [-0.4, -0.2) is 22.7 Å². The Labute approximate surface area is 131 Å². The molecule has 0 bridgehead atoms. The maximum absolute atomic E-state index is 5.57. The quantitative estimate of drug-likeness (QED) is 0.831. The molecule has 1 N–H and O–H groups in total. The smallest absolute Gasteiger partial charge is 0.231 e. The first kappa shape index (κ1) is 16.2. The summed E-state index contributed by atoms with van der Waals surface area (Å²) in [4.78, 5) is 4.65. The van der Waals surface area contributed by atoms with Gasteiger partial charge in [-0.1, -0.05) is 25.9 Å². The van der Waals surface area contributed by atoms with Gasteiger partial charge in [0.25, 0.3) is 0 Å². The van der Waals surface area contributed by atoms with Gasteiger partial charge in [-0.15, -0.1) is 0 Å². The molecule has 21 heavy (non-hydrogen) atoms. The second kappa shape index (κ2) is 7.18. The van der Waals surface area contributed by atoms with E-state index in [1.54, 1.807) is 11.3 Å². The van der Waals surface area contributed by atoms with Crippen LogP contribution in [0.1, 0.15) is 51.5 Å². The maximum Gasteiger partial charge on any atom is 0.231 e. The van der Waals surface area contributed by atoms with Crippen LogP contribution >= 0.6 is 11.3 Å². The van der Waals surface area contributed by atoms with E-state index in [4.69, 9.17) is 4.52 Å². The Morgan fingerprint density at radius 1 is 1.29 bits per heavy atom. The van der Waals surface area contributed by atoms with Gasteiger partial charge in [-0.2, -0.15) is 16.3 Å². The van der Waals surface area contributed by atoms with Crippen LogP contribution in [0.15, 0.2) is 15.3 Å². The van der Waals surface area contributed by atoms with E-state index in [2.05, 4.69) is 60.8 Å². The lowest BCUT2D eigenvalue weighted by Crippen LogP contribution is -2.35. The molecule has 2 atom stereocenters. The average Bonchev–Trinajstić information content (AvgIpc) is 3.05. The van der Waals surface area contributed by atoms with Gasteiger partial charge >= 0.3 is 0 Å². The Bertz CT molecular complexity index is 561. The van der Waals surface area contributed by atoms with E-state index in [0.717, 1.165) is 24.4 Å². The lowest BCUT2D eigenvalue weighted by atomic mass is 9.89. The summed E-state index contributed by atoms with van der Waals surface area (Å²) in [7, 11) is 0. The molecular weight excluding hydrogens is 282 g/mol. The van der Waals surface area contributed by atoms with Crippen molar-refractivity contribution in [1.29, 1.82) is 0 Å². The highest BCUT2D eigenvalue weighted by molar-refractivity contribution is 7.08. The van der Waals surface area contributed by atoms with Gasteiger partial charge in [0.2, 0.25) is 11.7 Å². The van der Waals surface area contributed by atoms with E-state index in [1.807, 2.05) is 0 Å². The molecule has 4 nitrogen and oxygen atoms in total. The molecule has 2 heterocycles. The van der Waals surface area contributed by atoms with Gasteiger partial charge in [-0.25, -0.2) is 0 Å². The standard InChI is InChI=1S/C16H25N3OS/c1-6-7-17-12(5)14(10(2)3)16-18-15(19-20-16)13-9-21-8-11(13)4/h8-10,12,14,17H,6-7H2,1-5H3. The molecule has 5 heteroatoms. The molecule has 0 aliphatic heterocycles. The second-order valence-electron chi connectivity index (χ2n) is 5.94. The van der Waals surface area contributed by atoms with Crippen LogP contribution < -0.4 is 5.32 Å². The lowest BCUT2D eigenvalue weighted by Gasteiger charge is -2.24. The third-order valence-electron chi connectivity index (χ3n) is 3.80. The first-order valence-corrected chi connectivity index (χ1v) is 8.59. The average molecular weight is 307 g/mol. The summed E-state index contributed by atoms with van der Waals surface area (Å²) in [5, 5.41) is 11.9. The highest BCUT2D eigenvalue weighted by atomic mass is 32.1. The molecule has 0 aliphatic carbocycles. The molecule has 0 amide bonds. The van der Waals surface area contributed by atoms with Gasteiger partial charge < -0.3 is 9.84 Å². The van der Waals surface area contributed by atoms with Gasteiger partial charge in [0.15, 0.2) is 0 Å². The molecule has 0 aromatic carbocycles. The molecule has 2 unspecified atom stereocenters. The first-order valence-electron chi connectivity index (χ1n) is 7.64. The van der Waals surface area contributed by atoms with E-state index in [1.165, 1.54) is 5.56 Å². The summed E-state index contributed by atoms with van der Waals surface area (Å²) >= 11 is 1.67. The summed E-state index contributed by atoms with van der Waals surface area (Å²) in [6.45, 7) is 11.9. The predicted octanol–water partition coefficient (Wildman–Crippen LogP) is 4.23. The first-order chi connectivity index (χ1) is 10.0. The van der Waals surface area contributed by atoms with Crippen LogP contribution in [0.3, 0.4) is 0 Å². The fourth-order valence-corrected chi connectivity index (χ4v) is 3.47. The van der Waals surface area contributed by atoms with Crippen molar-refractivity contribution in [3.8, 4) is 11.4 Å². The third kappa shape index (κ3) is 3.71. The van der Waals surface area contributed by atoms with Crippen LogP contribution in [0.2, 0.25) is 0 Å². The monoisotopic (exact) mass is 307 g/mol. The molecular formula is C16H25N3OS. The number of nitrogens with zero attached hydrogens (tertiary/aromatic N) is 2. The SMILES string of the molecule is CCCNC(C)C(c1nc(-c2cscc2C)no1)C(C)C. The predicted molar refractivity (Wildman–Crippen MR) is 87.7 cm³/mol. The lowest BCUT2D eigenvalue weighted by molar-refractivity contribution is 0.280. The highest BCUT2D eigenvalue weighted by Gasteiger charge is 2.28. The van der Waals surface area contributed by atoms with E-state index in [-0.39, 0.29) is 5.92 Å². The number of hydrogen-bond donors (Lipinski definition) is 1. The minimum Gasteiger partial charge on any atom is -0.339 e. The van der Waals surface area contributed by atoms with E-state index < -0.39 is 0 Å². The van der Waals surface area contributed by atoms with Gasteiger partial charge in [0, 0.05) is 17.0 Å². The third-order valence-corrected chi connectivity index (χ3v) is 4.66. The molecule has 0 radical (unpaired) electrons. The summed E-state index contributed by atoms with van der Waals surface area (Å²) < 4.78 is 5.57. The van der Waals surface area contributed by atoms with Crippen molar-refractivity contribution in [2.24, 2.45) is 5.92 Å². The van der Waals surface area contributed by atoms with Gasteiger partial charge in [-0.05, 0) is 43.7 Å². The minimum absolute atomic E-state index is 0.233. The summed E-state index contributed by atoms with van der Waals surface area (Å²) in [5.41, 5.74) is 2.28. The largest absolute Gasteiger partial charge is 0.339 e. The van der Waals surface area contributed by atoms with E-state index in [9.17, 15) is 0 Å². The minimum atomic E-state index is 0.233. The Morgan fingerprint density at radius 3 is 2.62 bits per heavy atom. The summed E-state index contributed by atoms with van der Waals surface area (Å²) in [6, 6.07) is 0.321. The molecule has 116 valence electrons. The Morgan fingerprint density at radius 2 is 2.05 bits per heavy atom. The fourth-order valence-electron chi connectivity index (χ4n) is 2.64. The van der Waals surface area contributed by atoms with Crippen LogP contribution in [0.25, 0.3) is 11.4 Å². The second-order valence-corrected chi connectivity index (χ2v) is 6.68. The number of thiophene rings is 1. The van der Waals surface area contributed by atoms with E-state index in [0.29, 0.717) is 17.8 Å². The van der Waals surface area contributed by atoms with E-state index >= 15 is 0 Å². The van der Waals surface area contributed by atoms with Crippen molar-refractivity contribution < 1.29 is 4.52 Å². The molecule has 0 fully saturated rings. The van der Waals surface area contributed by atoms with Crippen molar-refractivity contribution in [2.75, 3.05) is 6.54 Å². The summed E-state index contributed by atoms with van der Waals surface area (Å²) in [5.74, 6) is 2.12. The number of nitrogens with one attached hydrogen (secondary N) is 1. The van der Waals surface area contributed by atoms with Gasteiger partial charge in [0.05, 0.1) is 5.92 Å². The van der Waals surface area contributed by atoms with Crippen molar-refractivity contribution in [1.82, 2.24) is 15.5 Å². The highest BCUT2D eigenvalue weighted by Crippen LogP contribution is 2.30. The zero-order valence-corrected chi connectivity index (χ0v) is 14.3. The molecule has 0 spiro atoms. The zero-order valence-electron chi connectivity index (χ0n) is 13.5. The fraction of sp³-hybridized carbons (Fsp3) is 0.625. The van der Waals surface area contributed by atoms with Crippen molar-refractivity contribution in [2.45, 2.75) is 53.0 Å². The van der Waals surface area contributed by atoms with Crippen molar-refractivity contribution >= 4 is 11.3 Å². The van der Waals surface area contributed by atoms with Crippen LogP contribution in [0.4, 0.5) is 0 Å². The van der Waals surface area contributed by atoms with Crippen molar-refractivity contribution in [3.05, 3.63) is 22.2 Å². The normalized spacial score (nSPS) is 14.6. The van der Waals surface area contributed by atoms with Crippen molar-refractivity contribution in [3.63, 3.8) is 0 Å². The molecule has 0 aliphatic rings. The molecule has 2 aromatic heterocycles. The number of aryl methyl sites for hydroxylation is 1. The number of rotatable bonds is 7. The molecule has 0 saturated heterocycles. The summed E-state index contributed by atoms with van der Waals surface area (Å²) in [6.07, 6.45) is 1.12. The Kier molecular flexibility index (Phi) is 5.53. The Balaban J connectivity index is 2.22. The van der Waals surface area contributed by atoms with Gasteiger partial charge in [-0.3, -0.25) is 0 Å². The number of aromatic nitrogens is 2.